The Bertz CT molecular complexity index is 1490. The van der Waals surface area contributed by atoms with Crippen molar-refractivity contribution in [3.05, 3.63) is 118 Å². The minimum absolute atomic E-state index is 0.0659. The second-order valence-electron chi connectivity index (χ2n) is 7.94. The van der Waals surface area contributed by atoms with Crippen LogP contribution in [0.4, 0.5) is 8.78 Å². The summed E-state index contributed by atoms with van der Waals surface area (Å²) in [5.41, 5.74) is 4.02. The summed E-state index contributed by atoms with van der Waals surface area (Å²) >= 11 is 0. The Balaban J connectivity index is 1.45. The fourth-order valence-electron chi connectivity index (χ4n) is 3.88. The number of nitrogens with one attached hydrogen (secondary N) is 3. The number of aromatic amines is 2. The molecule has 0 bridgehead atoms. The molecular formula is C26H21F2N3O3. The molecule has 172 valence electrons. The summed E-state index contributed by atoms with van der Waals surface area (Å²) < 4.78 is 38.5. The monoisotopic (exact) mass is 461 g/mol. The highest BCUT2D eigenvalue weighted by atomic mass is 19.1. The van der Waals surface area contributed by atoms with Crippen molar-refractivity contribution < 1.29 is 17.9 Å². The Morgan fingerprint density at radius 3 is 2.59 bits per heavy atom. The van der Waals surface area contributed by atoms with E-state index >= 15 is 0 Å². The van der Waals surface area contributed by atoms with Crippen LogP contribution < -0.4 is 15.6 Å². The number of furan rings is 1. The number of aromatic nitrogens is 2. The van der Waals surface area contributed by atoms with Gasteiger partial charge in [0.1, 0.15) is 17.1 Å². The van der Waals surface area contributed by atoms with E-state index in [9.17, 15) is 13.6 Å². The molecule has 3 aromatic heterocycles. The van der Waals surface area contributed by atoms with Gasteiger partial charge in [0.25, 0.3) is 5.56 Å². The minimum atomic E-state index is -0.782. The highest BCUT2D eigenvalue weighted by molar-refractivity contribution is 5.82. The number of pyridine rings is 1. The molecule has 0 saturated carbocycles. The van der Waals surface area contributed by atoms with Crippen LogP contribution in [0.15, 0.2) is 82.7 Å². The lowest BCUT2D eigenvalue weighted by atomic mass is 10.0. The van der Waals surface area contributed by atoms with Gasteiger partial charge in [0, 0.05) is 48.9 Å². The molecule has 3 N–H and O–H groups in total. The van der Waals surface area contributed by atoms with Gasteiger partial charge in [-0.25, -0.2) is 8.78 Å². The van der Waals surface area contributed by atoms with Crippen molar-refractivity contribution in [3.8, 4) is 11.5 Å². The molecule has 5 rings (SSSR count). The van der Waals surface area contributed by atoms with Crippen LogP contribution in [0.25, 0.3) is 10.9 Å². The second kappa shape index (κ2) is 9.36. The van der Waals surface area contributed by atoms with Gasteiger partial charge in [-0.05, 0) is 47.0 Å². The molecule has 0 radical (unpaired) electrons. The maximum Gasteiger partial charge on any atom is 0.272 e. The second-order valence-corrected chi connectivity index (χ2v) is 7.94. The van der Waals surface area contributed by atoms with Gasteiger partial charge in [-0.2, -0.15) is 0 Å². The van der Waals surface area contributed by atoms with E-state index in [2.05, 4.69) is 15.3 Å². The van der Waals surface area contributed by atoms with Gasteiger partial charge in [0.2, 0.25) is 0 Å². The Morgan fingerprint density at radius 1 is 0.912 bits per heavy atom. The molecule has 0 aliphatic rings. The van der Waals surface area contributed by atoms with Crippen molar-refractivity contribution in [1.29, 1.82) is 0 Å². The van der Waals surface area contributed by atoms with Crippen LogP contribution in [0.5, 0.6) is 11.5 Å². The number of benzene rings is 2. The Hall–Kier alpha value is -4.17. The molecular weight excluding hydrogens is 440 g/mol. The molecule has 5 aromatic rings. The molecule has 6 nitrogen and oxygen atoms in total. The number of hydrogen-bond acceptors (Lipinski definition) is 4. The SMILES string of the molecule is O=c1[nH]ccc2c(Cc3cc(CNCc4ccoc4)ccc3Oc3ccc(F)cc3F)c[nH]c12. The first kappa shape index (κ1) is 21.7. The molecule has 3 heterocycles. The first-order valence-electron chi connectivity index (χ1n) is 10.7. The van der Waals surface area contributed by atoms with Crippen LogP contribution >= 0.6 is 0 Å². The molecule has 0 saturated heterocycles. The summed E-state index contributed by atoms with van der Waals surface area (Å²) in [5.74, 6) is -1.07. The van der Waals surface area contributed by atoms with Gasteiger partial charge in [-0.15, -0.1) is 0 Å². The molecule has 0 aliphatic carbocycles. The van der Waals surface area contributed by atoms with E-state index in [1.807, 2.05) is 24.3 Å². The molecule has 0 aliphatic heterocycles. The maximum atomic E-state index is 14.3. The van der Waals surface area contributed by atoms with Crippen molar-refractivity contribution in [1.82, 2.24) is 15.3 Å². The standard InChI is InChI=1S/C26H21F2N3O3/c27-20-2-4-24(22(28)11-20)34-23-3-1-16(12-29-13-17-6-8-33-15-17)9-18(23)10-19-14-31-25-21(19)5-7-30-26(25)32/h1-9,11,14-15,29,31H,10,12-13H2,(H,30,32). The summed E-state index contributed by atoms with van der Waals surface area (Å²) in [5, 5.41) is 4.16. The van der Waals surface area contributed by atoms with Crippen LogP contribution in [0.3, 0.4) is 0 Å². The quantitative estimate of drug-likeness (QED) is 0.289. The van der Waals surface area contributed by atoms with E-state index in [0.717, 1.165) is 39.8 Å². The third kappa shape index (κ3) is 4.62. The zero-order valence-corrected chi connectivity index (χ0v) is 18.0. The van der Waals surface area contributed by atoms with E-state index in [1.54, 1.807) is 31.0 Å². The third-order valence-corrected chi connectivity index (χ3v) is 5.56. The number of H-pyrrole nitrogens is 2. The summed E-state index contributed by atoms with van der Waals surface area (Å²) in [6.45, 7) is 1.24. The van der Waals surface area contributed by atoms with E-state index in [0.29, 0.717) is 30.8 Å². The topological polar surface area (TPSA) is 83.1 Å². The lowest BCUT2D eigenvalue weighted by molar-refractivity contribution is 0.434. The third-order valence-electron chi connectivity index (χ3n) is 5.56. The molecule has 34 heavy (non-hydrogen) atoms. The van der Waals surface area contributed by atoms with Crippen molar-refractivity contribution in [3.63, 3.8) is 0 Å². The summed E-state index contributed by atoms with van der Waals surface area (Å²) in [6, 6.07) is 12.6. The average molecular weight is 461 g/mol. The molecule has 0 fully saturated rings. The van der Waals surface area contributed by atoms with Crippen LogP contribution in [-0.4, -0.2) is 9.97 Å². The fourth-order valence-corrected chi connectivity index (χ4v) is 3.88. The summed E-state index contributed by atoms with van der Waals surface area (Å²) in [7, 11) is 0. The number of fused-ring (bicyclic) bond motifs is 1. The number of hydrogen-bond donors (Lipinski definition) is 3. The molecule has 0 atom stereocenters. The zero-order chi connectivity index (χ0) is 23.5. The van der Waals surface area contributed by atoms with Crippen LogP contribution in [0.1, 0.15) is 22.3 Å². The summed E-state index contributed by atoms with van der Waals surface area (Å²) in [4.78, 5) is 17.8. The largest absolute Gasteiger partial charge is 0.472 e. The van der Waals surface area contributed by atoms with Gasteiger partial charge in [-0.1, -0.05) is 12.1 Å². The number of rotatable bonds is 8. The maximum absolute atomic E-state index is 14.3. The smallest absolute Gasteiger partial charge is 0.272 e. The average Bonchev–Trinajstić information content (AvgIpc) is 3.48. The van der Waals surface area contributed by atoms with Gasteiger partial charge in [0.15, 0.2) is 11.6 Å². The van der Waals surface area contributed by atoms with Crippen LogP contribution in [0, 0.1) is 11.6 Å². The van der Waals surface area contributed by atoms with Crippen LogP contribution in [0.2, 0.25) is 0 Å². The number of halogens is 2. The van der Waals surface area contributed by atoms with Crippen molar-refractivity contribution >= 4 is 10.9 Å². The van der Waals surface area contributed by atoms with Gasteiger partial charge >= 0.3 is 0 Å². The van der Waals surface area contributed by atoms with E-state index < -0.39 is 11.6 Å². The van der Waals surface area contributed by atoms with Gasteiger partial charge in [-0.3, -0.25) is 4.79 Å². The first-order valence-corrected chi connectivity index (χ1v) is 10.7. The lowest BCUT2D eigenvalue weighted by Crippen LogP contribution is -2.12. The molecule has 0 spiro atoms. The van der Waals surface area contributed by atoms with Crippen molar-refractivity contribution in [2.24, 2.45) is 0 Å². The lowest BCUT2D eigenvalue weighted by Gasteiger charge is -2.14. The van der Waals surface area contributed by atoms with Gasteiger partial charge < -0.3 is 24.4 Å². The van der Waals surface area contributed by atoms with Crippen LogP contribution in [-0.2, 0) is 19.5 Å². The zero-order valence-electron chi connectivity index (χ0n) is 18.0. The number of ether oxygens (including phenoxy) is 1. The predicted octanol–water partition coefficient (Wildman–Crippen LogP) is 5.40. The Morgan fingerprint density at radius 2 is 1.76 bits per heavy atom. The van der Waals surface area contributed by atoms with Crippen molar-refractivity contribution in [2.75, 3.05) is 0 Å². The molecule has 8 heteroatoms. The highest BCUT2D eigenvalue weighted by Gasteiger charge is 2.14. The highest BCUT2D eigenvalue weighted by Crippen LogP contribution is 2.31. The molecule has 2 aromatic carbocycles. The predicted molar refractivity (Wildman–Crippen MR) is 124 cm³/mol. The van der Waals surface area contributed by atoms with E-state index in [4.69, 9.17) is 9.15 Å². The molecule has 0 unspecified atom stereocenters. The van der Waals surface area contributed by atoms with E-state index in [-0.39, 0.29) is 11.3 Å². The molecule has 0 amide bonds. The van der Waals surface area contributed by atoms with E-state index in [1.165, 1.54) is 6.07 Å². The Kier molecular flexibility index (Phi) is 5.97. The normalized spacial score (nSPS) is 11.2. The summed E-state index contributed by atoms with van der Waals surface area (Å²) in [6.07, 6.45) is 7.14. The van der Waals surface area contributed by atoms with Gasteiger partial charge in [0.05, 0.1) is 12.5 Å². The minimum Gasteiger partial charge on any atom is -0.472 e. The van der Waals surface area contributed by atoms with Crippen molar-refractivity contribution in [2.45, 2.75) is 19.5 Å². The fraction of sp³-hybridized carbons (Fsp3) is 0.115. The Labute approximate surface area is 193 Å². The first-order chi connectivity index (χ1) is 16.6.